The average molecular weight is 475 g/mol. The van der Waals surface area contributed by atoms with E-state index in [1.54, 1.807) is 6.42 Å². The lowest BCUT2D eigenvalue weighted by Gasteiger charge is -2.31. The van der Waals surface area contributed by atoms with Crippen LogP contribution in [0.25, 0.3) is 0 Å². The normalized spacial score (nSPS) is 11.5. The molecule has 0 aromatic carbocycles. The van der Waals surface area contributed by atoms with Gasteiger partial charge in [-0.05, 0) is 0 Å². The van der Waals surface area contributed by atoms with E-state index in [-0.39, 0.29) is 0 Å². The third kappa shape index (κ3) is 20.3. The van der Waals surface area contributed by atoms with Gasteiger partial charge in [-0.25, -0.2) is 0 Å². The van der Waals surface area contributed by atoms with Gasteiger partial charge in [0.1, 0.15) is 13.4 Å². The third-order valence-electron chi connectivity index (χ3n) is 8.57. The van der Waals surface area contributed by atoms with Gasteiger partial charge in [0.25, 0.3) is 0 Å². The lowest BCUT2D eigenvalue weighted by atomic mass is 9.17. The maximum absolute atomic E-state index is 2.37. The molecule has 0 aliphatic carbocycles. The van der Waals surface area contributed by atoms with Crippen molar-refractivity contribution in [2.24, 2.45) is 0 Å². The molecule has 0 aliphatic heterocycles. The molecular weight excluding hydrogens is 406 g/mol. The van der Waals surface area contributed by atoms with Crippen molar-refractivity contribution in [3.8, 4) is 0 Å². The molecule has 0 atom stereocenters. The summed E-state index contributed by atoms with van der Waals surface area (Å²) < 4.78 is 0. The quantitative estimate of drug-likeness (QED) is 0.0781. The third-order valence-corrected chi connectivity index (χ3v) is 8.57. The fourth-order valence-corrected chi connectivity index (χ4v) is 6.32. The number of unbranched alkanes of at least 4 members (excludes halogenated alkanes) is 16. The smallest absolute Gasteiger partial charge is 0.0828 e. The van der Waals surface area contributed by atoms with Gasteiger partial charge in [-0.1, -0.05) is 207 Å². The van der Waals surface area contributed by atoms with Crippen molar-refractivity contribution < 1.29 is 0 Å². The van der Waals surface area contributed by atoms with Crippen LogP contribution in [-0.2, 0) is 0 Å². The first-order valence-corrected chi connectivity index (χ1v) is 16.7. The first-order valence-electron chi connectivity index (χ1n) is 16.7. The van der Waals surface area contributed by atoms with E-state index in [4.69, 9.17) is 0 Å². The minimum absolute atomic E-state index is 1.02. The molecule has 0 aromatic rings. The Balaban J connectivity index is 5.33. The summed E-state index contributed by atoms with van der Waals surface area (Å²) >= 11 is 0. The first kappa shape index (κ1) is 34.1. The van der Waals surface area contributed by atoms with Gasteiger partial charge in [-0.15, -0.1) is 0 Å². The van der Waals surface area contributed by atoms with Crippen LogP contribution in [0.2, 0.25) is 31.0 Å². The molecule has 0 heterocycles. The second kappa shape index (κ2) is 27.7. The molecule has 0 amide bonds. The summed E-state index contributed by atoms with van der Waals surface area (Å²) in [4.78, 5) is 0. The molecular formula is C32H68B2. The Kier molecular flexibility index (Phi) is 27.8. The fraction of sp³-hybridized carbons (Fsp3) is 1.00. The van der Waals surface area contributed by atoms with Gasteiger partial charge in [0, 0.05) is 0 Å². The molecule has 0 radical (unpaired) electrons. The standard InChI is InChI=1S/C32H68B2/c1-6-11-16-21-22-27-32(33(28-23-17-12-7-2)29-24-18-13-8-3)34(30-25-19-14-9-4)31-26-20-15-10-5/h32H,6-31H2,1-5H3. The van der Waals surface area contributed by atoms with Gasteiger partial charge in [-0.2, -0.15) is 0 Å². The molecule has 0 saturated heterocycles. The van der Waals surface area contributed by atoms with E-state index in [0.717, 1.165) is 19.1 Å². The van der Waals surface area contributed by atoms with E-state index < -0.39 is 0 Å². The molecule has 0 bridgehead atoms. The van der Waals surface area contributed by atoms with Gasteiger partial charge in [0.05, 0.1) is 0 Å². The summed E-state index contributed by atoms with van der Waals surface area (Å²) in [5.74, 6) is 0. The van der Waals surface area contributed by atoms with Gasteiger partial charge in [0.15, 0.2) is 0 Å². The largest absolute Gasteiger partial charge is 0.135 e. The van der Waals surface area contributed by atoms with Crippen LogP contribution in [0.4, 0.5) is 0 Å². The highest BCUT2D eigenvalue weighted by atomic mass is 14.1. The Morgan fingerprint density at radius 3 is 0.882 bits per heavy atom. The second-order valence-electron chi connectivity index (χ2n) is 11.8. The molecule has 0 N–H and O–H groups in total. The molecule has 0 rings (SSSR count). The van der Waals surface area contributed by atoms with Crippen LogP contribution in [0, 0.1) is 0 Å². The highest BCUT2D eigenvalue weighted by Gasteiger charge is 2.32. The van der Waals surface area contributed by atoms with Crippen molar-refractivity contribution in [3.05, 3.63) is 0 Å². The predicted molar refractivity (Wildman–Crippen MR) is 164 cm³/mol. The number of hydrogen-bond donors (Lipinski definition) is 0. The average Bonchev–Trinajstić information content (AvgIpc) is 2.85. The molecule has 0 fully saturated rings. The van der Waals surface area contributed by atoms with Gasteiger partial charge < -0.3 is 0 Å². The van der Waals surface area contributed by atoms with Crippen LogP contribution < -0.4 is 0 Å². The summed E-state index contributed by atoms with van der Waals surface area (Å²) in [6, 6.07) is 0. The van der Waals surface area contributed by atoms with Crippen LogP contribution in [-0.4, -0.2) is 13.4 Å². The monoisotopic (exact) mass is 475 g/mol. The highest BCUT2D eigenvalue weighted by Crippen LogP contribution is 2.35. The van der Waals surface area contributed by atoms with Gasteiger partial charge >= 0.3 is 0 Å². The first-order chi connectivity index (χ1) is 16.7. The van der Waals surface area contributed by atoms with E-state index in [0.29, 0.717) is 0 Å². The number of hydrogen-bond acceptors (Lipinski definition) is 0. The Morgan fingerprint density at radius 2 is 0.588 bits per heavy atom. The van der Waals surface area contributed by atoms with E-state index >= 15 is 0 Å². The van der Waals surface area contributed by atoms with Crippen molar-refractivity contribution in [1.82, 2.24) is 0 Å². The minimum Gasteiger partial charge on any atom is -0.0828 e. The van der Waals surface area contributed by atoms with E-state index in [9.17, 15) is 0 Å². The van der Waals surface area contributed by atoms with E-state index in [2.05, 4.69) is 34.6 Å². The Bertz CT molecular complexity index is 318. The maximum atomic E-state index is 2.37. The van der Waals surface area contributed by atoms with Gasteiger partial charge in [0.2, 0.25) is 0 Å². The summed E-state index contributed by atoms with van der Waals surface area (Å²) in [7, 11) is 0. The molecule has 0 saturated carbocycles. The molecule has 0 spiro atoms. The molecule has 0 aromatic heterocycles. The van der Waals surface area contributed by atoms with E-state index in [1.807, 2.05) is 0 Å². The van der Waals surface area contributed by atoms with Gasteiger partial charge in [-0.3, -0.25) is 0 Å². The van der Waals surface area contributed by atoms with Crippen molar-refractivity contribution in [2.45, 2.75) is 207 Å². The maximum Gasteiger partial charge on any atom is 0.135 e. The lowest BCUT2D eigenvalue weighted by molar-refractivity contribution is 0.607. The van der Waals surface area contributed by atoms with Crippen molar-refractivity contribution >= 4 is 13.4 Å². The second-order valence-corrected chi connectivity index (χ2v) is 11.8. The SMILES string of the molecule is CCCCCCCC(B(CCCCCC)CCCCCC)B(CCCCCC)CCCCCC. The van der Waals surface area contributed by atoms with Crippen molar-refractivity contribution in [2.75, 3.05) is 0 Å². The van der Waals surface area contributed by atoms with Crippen LogP contribution in [0.5, 0.6) is 0 Å². The molecule has 0 aliphatic rings. The topological polar surface area (TPSA) is 0 Å². The summed E-state index contributed by atoms with van der Waals surface area (Å²) in [6.07, 6.45) is 38.1. The zero-order valence-electron chi connectivity index (χ0n) is 25.1. The number of rotatable bonds is 28. The van der Waals surface area contributed by atoms with Crippen LogP contribution in [0.15, 0.2) is 0 Å². The van der Waals surface area contributed by atoms with Crippen molar-refractivity contribution in [1.29, 1.82) is 0 Å². The minimum atomic E-state index is 1.02. The Labute approximate surface area is 220 Å². The fourth-order valence-electron chi connectivity index (χ4n) is 6.32. The van der Waals surface area contributed by atoms with Crippen LogP contribution >= 0.6 is 0 Å². The molecule has 202 valence electrons. The molecule has 34 heavy (non-hydrogen) atoms. The summed E-state index contributed by atoms with van der Waals surface area (Å²) in [5.41, 5.74) is 1.02. The lowest BCUT2D eigenvalue weighted by Crippen LogP contribution is -2.34. The van der Waals surface area contributed by atoms with Crippen LogP contribution in [0.3, 0.4) is 0 Å². The highest BCUT2D eigenvalue weighted by molar-refractivity contribution is 6.80. The van der Waals surface area contributed by atoms with E-state index in [1.165, 1.54) is 160 Å². The zero-order chi connectivity index (χ0) is 25.1. The molecule has 0 unspecified atom stereocenters. The Hall–Kier alpha value is 0.130. The molecule has 2 heteroatoms. The van der Waals surface area contributed by atoms with Crippen molar-refractivity contribution in [3.63, 3.8) is 0 Å². The summed E-state index contributed by atoms with van der Waals surface area (Å²) in [6.45, 7) is 13.8. The Morgan fingerprint density at radius 1 is 0.324 bits per heavy atom. The predicted octanol–water partition coefficient (Wildman–Crippen LogP) is 12.6. The van der Waals surface area contributed by atoms with Crippen LogP contribution in [0.1, 0.15) is 176 Å². The summed E-state index contributed by atoms with van der Waals surface area (Å²) in [5, 5.41) is 0. The zero-order valence-corrected chi connectivity index (χ0v) is 25.1. The molecule has 0 nitrogen and oxygen atoms in total.